The fraction of sp³-hybridized carbons (Fsp3) is 0.0909. The van der Waals surface area contributed by atoms with Crippen LogP contribution in [0.1, 0.15) is 0 Å². The van der Waals surface area contributed by atoms with Gasteiger partial charge in [-0.25, -0.2) is 0 Å². The number of hydrogen-bond donors (Lipinski definition) is 0. The van der Waals surface area contributed by atoms with E-state index in [9.17, 15) is 0 Å². The van der Waals surface area contributed by atoms with E-state index >= 15 is 0 Å². The standard InChI is InChI=1S/C11H12O/c1-2-4-6-8-10-12-11-9-7-5-3-1/h1-10H,11H2. The Kier molecular flexibility index (Phi) is 4.46. The van der Waals surface area contributed by atoms with Crippen molar-refractivity contribution < 1.29 is 4.74 Å². The summed E-state index contributed by atoms with van der Waals surface area (Å²) in [4.78, 5) is 0. The van der Waals surface area contributed by atoms with Gasteiger partial charge in [-0.15, -0.1) is 0 Å². The molecule has 0 atom stereocenters. The SMILES string of the molecule is C1=CC=CC=COCC=CC=C1. The van der Waals surface area contributed by atoms with Crippen LogP contribution in [0.3, 0.4) is 0 Å². The maximum absolute atomic E-state index is 5.13. The van der Waals surface area contributed by atoms with Gasteiger partial charge in [-0.05, 0) is 12.2 Å². The predicted octanol–water partition coefficient (Wildman–Crippen LogP) is 2.76. The predicted molar refractivity (Wildman–Crippen MR) is 51.7 cm³/mol. The summed E-state index contributed by atoms with van der Waals surface area (Å²) in [5.41, 5.74) is 0. The van der Waals surface area contributed by atoms with E-state index < -0.39 is 0 Å². The average molecular weight is 160 g/mol. The Bertz CT molecular complexity index is 216. The van der Waals surface area contributed by atoms with Crippen LogP contribution in [0.4, 0.5) is 0 Å². The zero-order valence-electron chi connectivity index (χ0n) is 6.89. The van der Waals surface area contributed by atoms with Crippen LogP contribution in [0.5, 0.6) is 0 Å². The van der Waals surface area contributed by atoms with Crippen LogP contribution >= 0.6 is 0 Å². The van der Waals surface area contributed by atoms with E-state index in [-0.39, 0.29) is 0 Å². The molecule has 0 bridgehead atoms. The molecule has 1 nitrogen and oxygen atoms in total. The monoisotopic (exact) mass is 160 g/mol. The Morgan fingerprint density at radius 2 is 1.25 bits per heavy atom. The van der Waals surface area contributed by atoms with Gasteiger partial charge in [0, 0.05) is 0 Å². The molecule has 0 aromatic carbocycles. The van der Waals surface area contributed by atoms with Gasteiger partial charge < -0.3 is 4.74 Å². The summed E-state index contributed by atoms with van der Waals surface area (Å²) in [6.07, 6.45) is 19.2. The van der Waals surface area contributed by atoms with Crippen LogP contribution in [-0.4, -0.2) is 6.61 Å². The number of rotatable bonds is 0. The van der Waals surface area contributed by atoms with Crippen molar-refractivity contribution in [3.05, 3.63) is 60.9 Å². The van der Waals surface area contributed by atoms with Gasteiger partial charge in [-0.3, -0.25) is 0 Å². The van der Waals surface area contributed by atoms with Gasteiger partial charge in [-0.2, -0.15) is 0 Å². The second-order valence-corrected chi connectivity index (χ2v) is 2.24. The minimum atomic E-state index is 0.623. The first-order valence-electron chi connectivity index (χ1n) is 3.93. The average Bonchev–Trinajstić information content (AvgIpc) is 2.05. The van der Waals surface area contributed by atoms with Crippen LogP contribution in [0.2, 0.25) is 0 Å². The zero-order chi connectivity index (χ0) is 8.49. The summed E-state index contributed by atoms with van der Waals surface area (Å²) in [6.45, 7) is 0.623. The van der Waals surface area contributed by atoms with Crippen molar-refractivity contribution in [3.8, 4) is 0 Å². The Balaban J connectivity index is 2.55. The van der Waals surface area contributed by atoms with Crippen LogP contribution in [0, 0.1) is 0 Å². The summed E-state index contributed by atoms with van der Waals surface area (Å²) in [7, 11) is 0. The molecule has 0 amide bonds. The van der Waals surface area contributed by atoms with E-state index in [0.29, 0.717) is 6.61 Å². The molecule has 0 radical (unpaired) electrons. The molecule has 0 aromatic heterocycles. The highest BCUT2D eigenvalue weighted by Crippen LogP contribution is 1.87. The van der Waals surface area contributed by atoms with E-state index in [2.05, 4.69) is 0 Å². The first-order valence-corrected chi connectivity index (χ1v) is 3.93. The first kappa shape index (κ1) is 8.60. The maximum atomic E-state index is 5.13. The molecule has 0 fully saturated rings. The smallest absolute Gasteiger partial charge is 0.106 e. The molecule has 0 aliphatic carbocycles. The van der Waals surface area contributed by atoms with Crippen LogP contribution in [-0.2, 0) is 4.74 Å². The fourth-order valence-corrected chi connectivity index (χ4v) is 0.731. The van der Waals surface area contributed by atoms with Crippen LogP contribution < -0.4 is 0 Å². The third-order valence-corrected chi connectivity index (χ3v) is 1.28. The number of allylic oxidation sites excluding steroid dienone is 8. The summed E-state index contributed by atoms with van der Waals surface area (Å²) >= 11 is 0. The van der Waals surface area contributed by atoms with Crippen LogP contribution in [0.15, 0.2) is 60.9 Å². The summed E-state index contributed by atoms with van der Waals surface area (Å²) in [5, 5.41) is 0. The highest BCUT2D eigenvalue weighted by atomic mass is 16.5. The highest BCUT2D eigenvalue weighted by molar-refractivity contribution is 5.17. The second-order valence-electron chi connectivity index (χ2n) is 2.24. The van der Waals surface area contributed by atoms with Gasteiger partial charge in [0.2, 0.25) is 0 Å². The van der Waals surface area contributed by atoms with Gasteiger partial charge in [0.15, 0.2) is 0 Å². The molecular weight excluding hydrogens is 148 g/mol. The molecule has 1 rings (SSSR count). The number of ether oxygens (including phenoxy) is 1. The van der Waals surface area contributed by atoms with E-state index in [0.717, 1.165) is 0 Å². The normalized spacial score (nSPS) is 16.7. The van der Waals surface area contributed by atoms with Gasteiger partial charge >= 0.3 is 0 Å². The minimum Gasteiger partial charge on any atom is -0.497 e. The van der Waals surface area contributed by atoms with E-state index in [1.165, 1.54) is 0 Å². The molecular formula is C11H12O. The Morgan fingerprint density at radius 3 is 2.00 bits per heavy atom. The summed E-state index contributed by atoms with van der Waals surface area (Å²) < 4.78 is 5.13. The van der Waals surface area contributed by atoms with Crippen molar-refractivity contribution in [3.63, 3.8) is 0 Å². The molecule has 62 valence electrons. The topological polar surface area (TPSA) is 9.23 Å². The lowest BCUT2D eigenvalue weighted by Crippen LogP contribution is -1.78. The maximum Gasteiger partial charge on any atom is 0.106 e. The third kappa shape index (κ3) is 4.34. The molecule has 1 heterocycles. The fourth-order valence-electron chi connectivity index (χ4n) is 0.731. The molecule has 0 aromatic rings. The van der Waals surface area contributed by atoms with Crippen LogP contribution in [0.25, 0.3) is 0 Å². The van der Waals surface area contributed by atoms with Gasteiger partial charge in [0.1, 0.15) is 6.61 Å². The molecule has 12 heavy (non-hydrogen) atoms. The Labute approximate surface area is 73.0 Å². The third-order valence-electron chi connectivity index (χ3n) is 1.28. The van der Waals surface area contributed by atoms with Gasteiger partial charge in [0.05, 0.1) is 6.26 Å². The molecule has 1 aliphatic heterocycles. The van der Waals surface area contributed by atoms with Crippen molar-refractivity contribution in [1.82, 2.24) is 0 Å². The molecule has 0 spiro atoms. The lowest BCUT2D eigenvalue weighted by atomic mass is 10.3. The highest BCUT2D eigenvalue weighted by Gasteiger charge is 1.72. The Morgan fingerprint density at radius 1 is 0.667 bits per heavy atom. The minimum absolute atomic E-state index is 0.623. The zero-order valence-corrected chi connectivity index (χ0v) is 6.89. The van der Waals surface area contributed by atoms with Crippen molar-refractivity contribution >= 4 is 0 Å². The summed E-state index contributed by atoms with van der Waals surface area (Å²) in [6, 6.07) is 0. The van der Waals surface area contributed by atoms with Crippen molar-refractivity contribution in [2.75, 3.05) is 6.61 Å². The van der Waals surface area contributed by atoms with E-state index in [4.69, 9.17) is 4.74 Å². The van der Waals surface area contributed by atoms with E-state index in [1.54, 1.807) is 6.26 Å². The molecule has 0 unspecified atom stereocenters. The molecule has 0 N–H and O–H groups in total. The summed E-state index contributed by atoms with van der Waals surface area (Å²) in [5.74, 6) is 0. The van der Waals surface area contributed by atoms with Crippen molar-refractivity contribution in [2.24, 2.45) is 0 Å². The largest absolute Gasteiger partial charge is 0.497 e. The van der Waals surface area contributed by atoms with Gasteiger partial charge in [-0.1, -0.05) is 42.5 Å². The molecule has 0 saturated heterocycles. The quantitative estimate of drug-likeness (QED) is 0.529. The molecule has 1 aliphatic rings. The van der Waals surface area contributed by atoms with Gasteiger partial charge in [0.25, 0.3) is 0 Å². The van der Waals surface area contributed by atoms with E-state index in [1.807, 2.05) is 54.7 Å². The number of hydrogen-bond acceptors (Lipinski definition) is 1. The van der Waals surface area contributed by atoms with Crippen molar-refractivity contribution in [1.29, 1.82) is 0 Å². The Hall–Kier alpha value is -1.50. The second kappa shape index (κ2) is 6.23. The first-order chi connectivity index (χ1) is 6.00. The lowest BCUT2D eigenvalue weighted by molar-refractivity contribution is 0.290. The van der Waals surface area contributed by atoms with Crippen molar-refractivity contribution in [2.45, 2.75) is 0 Å². The molecule has 1 heteroatoms. The lowest BCUT2D eigenvalue weighted by Gasteiger charge is -1.91. The molecule has 0 saturated carbocycles.